The highest BCUT2D eigenvalue weighted by Crippen LogP contribution is 2.21. The molecule has 1 aromatic carbocycles. The van der Waals surface area contributed by atoms with Crippen molar-refractivity contribution in [3.63, 3.8) is 0 Å². The van der Waals surface area contributed by atoms with E-state index in [1.165, 1.54) is 6.20 Å². The molecule has 2 rings (SSSR count). The van der Waals surface area contributed by atoms with Crippen LogP contribution in [0.2, 0.25) is 0 Å². The molecule has 0 bridgehead atoms. The van der Waals surface area contributed by atoms with Gasteiger partial charge in [-0.25, -0.2) is 4.79 Å². The lowest BCUT2D eigenvalue weighted by atomic mass is 10.1. The summed E-state index contributed by atoms with van der Waals surface area (Å²) in [4.78, 5) is 28.1. The average Bonchev–Trinajstić information content (AvgIpc) is 2.39. The highest BCUT2D eigenvalue weighted by Gasteiger charge is 2.13. The fourth-order valence-electron chi connectivity index (χ4n) is 2.07. The molecular formula is C15H18N2O4. The molecule has 2 N–H and O–H groups in total. The number of aromatic carboxylic acids is 1. The number of benzene rings is 1. The largest absolute Gasteiger partial charge is 0.492 e. The topological polar surface area (TPSA) is 82.6 Å². The molecule has 0 radical (unpaired) electrons. The maximum Gasteiger partial charge on any atom is 0.341 e. The van der Waals surface area contributed by atoms with Gasteiger partial charge in [0.05, 0.1) is 10.9 Å². The molecule has 6 heteroatoms. The molecule has 0 saturated carbocycles. The molecule has 2 aromatic rings. The Morgan fingerprint density at radius 3 is 2.71 bits per heavy atom. The summed E-state index contributed by atoms with van der Waals surface area (Å²) in [6.45, 7) is 3.09. The minimum Gasteiger partial charge on any atom is -0.492 e. The first kappa shape index (κ1) is 15.1. The van der Waals surface area contributed by atoms with Crippen molar-refractivity contribution in [3.8, 4) is 5.75 Å². The zero-order chi connectivity index (χ0) is 15.6. The minimum atomic E-state index is -1.24. The van der Waals surface area contributed by atoms with Gasteiger partial charge in [-0.05, 0) is 38.7 Å². The standard InChI is InChI=1S/C15H18N2O4/c1-9-6-10(21-5-4-17(2)3)7-11-13(9)16-8-12(14(11)18)15(19)20/h6-8H,4-5H2,1-3H3,(H,16,18)(H,19,20). The van der Waals surface area contributed by atoms with Gasteiger partial charge in [0.25, 0.3) is 0 Å². The van der Waals surface area contributed by atoms with Gasteiger partial charge >= 0.3 is 5.97 Å². The number of aromatic amines is 1. The first-order valence-corrected chi connectivity index (χ1v) is 6.57. The zero-order valence-electron chi connectivity index (χ0n) is 12.3. The fourth-order valence-corrected chi connectivity index (χ4v) is 2.07. The van der Waals surface area contributed by atoms with Crippen LogP contribution in [0.4, 0.5) is 0 Å². The van der Waals surface area contributed by atoms with Crippen LogP contribution in [0.25, 0.3) is 10.9 Å². The number of hydrogen-bond donors (Lipinski definition) is 2. The van der Waals surface area contributed by atoms with Gasteiger partial charge < -0.3 is 19.7 Å². The van der Waals surface area contributed by atoms with Crippen molar-refractivity contribution < 1.29 is 14.6 Å². The third kappa shape index (κ3) is 3.22. The van der Waals surface area contributed by atoms with Crippen LogP contribution >= 0.6 is 0 Å². The molecule has 0 fully saturated rings. The number of rotatable bonds is 5. The van der Waals surface area contributed by atoms with Gasteiger partial charge in [-0.1, -0.05) is 0 Å². The highest BCUT2D eigenvalue weighted by atomic mass is 16.5. The van der Waals surface area contributed by atoms with Gasteiger partial charge in [0.1, 0.15) is 17.9 Å². The predicted molar refractivity (Wildman–Crippen MR) is 80.3 cm³/mol. The summed E-state index contributed by atoms with van der Waals surface area (Å²) in [5.41, 5.74) is 0.691. The smallest absolute Gasteiger partial charge is 0.341 e. The second kappa shape index (κ2) is 5.97. The molecule has 21 heavy (non-hydrogen) atoms. The summed E-state index contributed by atoms with van der Waals surface area (Å²) in [6.07, 6.45) is 1.23. The molecule has 1 heterocycles. The van der Waals surface area contributed by atoms with Crippen LogP contribution in [0.15, 0.2) is 23.1 Å². The number of nitrogens with one attached hydrogen (secondary N) is 1. The van der Waals surface area contributed by atoms with Gasteiger partial charge in [0.15, 0.2) is 0 Å². The predicted octanol–water partition coefficient (Wildman–Crippen LogP) is 1.48. The number of carboxylic acid groups (broad SMARTS) is 1. The minimum absolute atomic E-state index is 0.271. The monoisotopic (exact) mass is 290 g/mol. The van der Waals surface area contributed by atoms with Gasteiger partial charge in [-0.15, -0.1) is 0 Å². The van der Waals surface area contributed by atoms with Crippen LogP contribution < -0.4 is 10.2 Å². The molecule has 1 aromatic heterocycles. The highest BCUT2D eigenvalue weighted by molar-refractivity contribution is 5.93. The van der Waals surface area contributed by atoms with Gasteiger partial charge in [0, 0.05) is 12.7 Å². The van der Waals surface area contributed by atoms with Crippen LogP contribution in [0, 0.1) is 6.92 Å². The number of carbonyl (C=O) groups is 1. The van der Waals surface area contributed by atoms with E-state index in [9.17, 15) is 9.59 Å². The van der Waals surface area contributed by atoms with E-state index in [0.717, 1.165) is 12.1 Å². The molecule has 6 nitrogen and oxygen atoms in total. The molecule has 0 saturated heterocycles. The van der Waals surface area contributed by atoms with Crippen LogP contribution in [-0.4, -0.2) is 48.2 Å². The SMILES string of the molecule is Cc1cc(OCCN(C)C)cc2c(=O)c(C(=O)O)c[nH]c12. The molecular weight excluding hydrogens is 272 g/mol. The summed E-state index contributed by atoms with van der Waals surface area (Å²) in [7, 11) is 3.89. The molecule has 0 aliphatic heterocycles. The number of aryl methyl sites for hydroxylation is 1. The Hall–Kier alpha value is -2.34. The van der Waals surface area contributed by atoms with Crippen LogP contribution in [-0.2, 0) is 0 Å². The van der Waals surface area contributed by atoms with Crippen molar-refractivity contribution in [3.05, 3.63) is 39.7 Å². The summed E-state index contributed by atoms with van der Waals surface area (Å²) in [5, 5.41) is 9.34. The van der Waals surface area contributed by atoms with Gasteiger partial charge in [0.2, 0.25) is 5.43 Å². The Bertz CT molecular complexity index is 734. The Balaban J connectivity index is 2.45. The van der Waals surface area contributed by atoms with Gasteiger partial charge in [-0.3, -0.25) is 4.79 Å². The van der Waals surface area contributed by atoms with Gasteiger partial charge in [-0.2, -0.15) is 0 Å². The number of hydrogen-bond acceptors (Lipinski definition) is 4. The van der Waals surface area contributed by atoms with Crippen molar-refractivity contribution in [2.45, 2.75) is 6.92 Å². The zero-order valence-corrected chi connectivity index (χ0v) is 12.3. The third-order valence-electron chi connectivity index (χ3n) is 3.20. The Morgan fingerprint density at radius 1 is 1.38 bits per heavy atom. The van der Waals surface area contributed by atoms with Crippen LogP contribution in [0.5, 0.6) is 5.75 Å². The first-order chi connectivity index (χ1) is 9.90. The summed E-state index contributed by atoms with van der Waals surface area (Å²) < 4.78 is 5.62. The third-order valence-corrected chi connectivity index (χ3v) is 3.20. The maximum absolute atomic E-state index is 12.2. The van der Waals surface area contributed by atoms with E-state index >= 15 is 0 Å². The first-order valence-electron chi connectivity index (χ1n) is 6.57. The fraction of sp³-hybridized carbons (Fsp3) is 0.333. The summed E-state index contributed by atoms with van der Waals surface area (Å²) in [6, 6.07) is 3.41. The number of pyridine rings is 1. The van der Waals surface area contributed by atoms with Crippen LogP contribution in [0.1, 0.15) is 15.9 Å². The molecule has 0 spiro atoms. The van der Waals surface area contributed by atoms with Crippen molar-refractivity contribution in [1.82, 2.24) is 9.88 Å². The van der Waals surface area contributed by atoms with E-state index in [0.29, 0.717) is 23.3 Å². The quantitative estimate of drug-likeness (QED) is 0.871. The number of aromatic nitrogens is 1. The number of H-pyrrole nitrogens is 1. The normalized spacial score (nSPS) is 11.0. The molecule has 0 amide bonds. The number of ether oxygens (including phenoxy) is 1. The van der Waals surface area contributed by atoms with Crippen molar-refractivity contribution >= 4 is 16.9 Å². The molecule has 0 aliphatic rings. The average molecular weight is 290 g/mol. The van der Waals surface area contributed by atoms with Crippen LogP contribution in [0.3, 0.4) is 0 Å². The Labute approximate surface area is 122 Å². The lowest BCUT2D eigenvalue weighted by Crippen LogP contribution is -2.19. The van der Waals surface area contributed by atoms with Crippen molar-refractivity contribution in [1.29, 1.82) is 0 Å². The van der Waals surface area contributed by atoms with E-state index in [-0.39, 0.29) is 5.56 Å². The molecule has 0 aliphatic carbocycles. The summed E-state index contributed by atoms with van der Waals surface area (Å²) in [5.74, 6) is -0.676. The second-order valence-corrected chi connectivity index (χ2v) is 5.15. The summed E-state index contributed by atoms with van der Waals surface area (Å²) >= 11 is 0. The van der Waals surface area contributed by atoms with E-state index < -0.39 is 11.4 Å². The van der Waals surface area contributed by atoms with Crippen molar-refractivity contribution in [2.75, 3.05) is 27.2 Å². The Kier molecular flexibility index (Phi) is 4.28. The number of likely N-dealkylation sites (N-methyl/N-ethyl adjacent to an activating group) is 1. The van der Waals surface area contributed by atoms with E-state index in [4.69, 9.17) is 9.84 Å². The lowest BCUT2D eigenvalue weighted by molar-refractivity contribution is 0.0695. The van der Waals surface area contributed by atoms with E-state index in [1.54, 1.807) is 6.07 Å². The second-order valence-electron chi connectivity index (χ2n) is 5.15. The molecule has 0 unspecified atom stereocenters. The maximum atomic E-state index is 12.2. The van der Waals surface area contributed by atoms with E-state index in [1.807, 2.05) is 32.0 Å². The molecule has 0 atom stereocenters. The van der Waals surface area contributed by atoms with Crippen molar-refractivity contribution in [2.24, 2.45) is 0 Å². The number of carboxylic acids is 1. The van der Waals surface area contributed by atoms with E-state index in [2.05, 4.69) is 4.98 Å². The number of fused-ring (bicyclic) bond motifs is 1. The number of nitrogens with zero attached hydrogens (tertiary/aromatic N) is 1. The lowest BCUT2D eigenvalue weighted by Gasteiger charge is -2.12. The molecule has 112 valence electrons. The Morgan fingerprint density at radius 2 is 2.10 bits per heavy atom.